The summed E-state index contributed by atoms with van der Waals surface area (Å²) >= 11 is 0. The largest absolute Gasteiger partial charge is 0.496 e. The number of anilines is 1. The second-order valence-electron chi connectivity index (χ2n) is 4.89. The van der Waals surface area contributed by atoms with Gasteiger partial charge in [0, 0.05) is 0 Å². The number of hydrogen-bond donors (Lipinski definition) is 1. The zero-order valence-electron chi connectivity index (χ0n) is 13.1. The van der Waals surface area contributed by atoms with Crippen LogP contribution in [0.3, 0.4) is 0 Å². The summed E-state index contributed by atoms with van der Waals surface area (Å²) in [5, 5.41) is 3.25. The molecule has 1 aliphatic rings. The molecule has 0 radical (unpaired) electrons. The van der Waals surface area contributed by atoms with Gasteiger partial charge in [0.2, 0.25) is 6.23 Å². The topological polar surface area (TPSA) is 66.0 Å². The van der Waals surface area contributed by atoms with E-state index in [1.165, 1.54) is 14.2 Å². The highest BCUT2D eigenvalue weighted by Gasteiger charge is 2.31. The molecule has 0 spiro atoms. The average Bonchev–Trinajstić information content (AvgIpc) is 3.03. The predicted molar refractivity (Wildman–Crippen MR) is 84.3 cm³/mol. The summed E-state index contributed by atoms with van der Waals surface area (Å²) in [6.45, 7) is 0. The Hall–Kier alpha value is -2.89. The van der Waals surface area contributed by atoms with Gasteiger partial charge in [-0.3, -0.25) is 0 Å². The highest BCUT2D eigenvalue weighted by Crippen LogP contribution is 2.44. The number of fused-ring (bicyclic) bond motifs is 1. The van der Waals surface area contributed by atoms with E-state index in [2.05, 4.69) is 5.32 Å². The first-order chi connectivity index (χ1) is 11.2. The zero-order valence-corrected chi connectivity index (χ0v) is 13.1. The molecule has 120 valence electrons. The summed E-state index contributed by atoms with van der Waals surface area (Å²) in [6.07, 6.45) is -0.526. The number of ether oxygens (including phenoxy) is 4. The predicted octanol–water partition coefficient (Wildman–Crippen LogP) is 2.99. The molecule has 0 saturated heterocycles. The zero-order chi connectivity index (χ0) is 16.4. The van der Waals surface area contributed by atoms with Gasteiger partial charge in [-0.25, -0.2) is 4.79 Å². The Labute approximate surface area is 133 Å². The Morgan fingerprint density at radius 2 is 1.87 bits per heavy atom. The lowest BCUT2D eigenvalue weighted by molar-refractivity contribution is 0.0596. The smallest absolute Gasteiger partial charge is 0.341 e. The van der Waals surface area contributed by atoms with Crippen LogP contribution in [-0.2, 0) is 4.74 Å². The minimum Gasteiger partial charge on any atom is -0.496 e. The second-order valence-corrected chi connectivity index (χ2v) is 4.89. The molecule has 1 unspecified atom stereocenters. The van der Waals surface area contributed by atoms with Crippen molar-refractivity contribution in [2.75, 3.05) is 26.6 Å². The lowest BCUT2D eigenvalue weighted by atomic mass is 10.1. The Morgan fingerprint density at radius 3 is 2.52 bits per heavy atom. The summed E-state index contributed by atoms with van der Waals surface area (Å²) in [5.74, 6) is 1.16. The van der Waals surface area contributed by atoms with E-state index < -0.39 is 12.2 Å². The first kappa shape index (κ1) is 15.0. The summed E-state index contributed by atoms with van der Waals surface area (Å²) in [7, 11) is 4.37. The molecule has 1 heterocycles. The van der Waals surface area contributed by atoms with Crippen LogP contribution in [0.25, 0.3) is 0 Å². The molecule has 1 aliphatic heterocycles. The van der Waals surface area contributed by atoms with Gasteiger partial charge in [0.05, 0.1) is 32.6 Å². The fraction of sp³-hybridized carbons (Fsp3) is 0.235. The van der Waals surface area contributed by atoms with Crippen molar-refractivity contribution in [3.05, 3.63) is 47.5 Å². The molecule has 3 rings (SSSR count). The molecule has 0 bridgehead atoms. The number of para-hydroxylation sites is 2. The van der Waals surface area contributed by atoms with E-state index in [9.17, 15) is 4.79 Å². The van der Waals surface area contributed by atoms with Crippen LogP contribution in [-0.4, -0.2) is 27.3 Å². The maximum absolute atomic E-state index is 12.0. The van der Waals surface area contributed by atoms with E-state index in [1.54, 1.807) is 19.2 Å². The number of nitrogens with one attached hydrogen (secondary N) is 1. The highest BCUT2D eigenvalue weighted by molar-refractivity contribution is 5.93. The SMILES string of the molecule is COC(=O)c1ccc(OC)c(C2Nc3ccccc3O2)c1OC. The van der Waals surface area contributed by atoms with E-state index in [-0.39, 0.29) is 0 Å². The molecule has 0 aromatic heterocycles. The molecule has 1 atom stereocenters. The van der Waals surface area contributed by atoms with Crippen molar-refractivity contribution in [3.8, 4) is 17.2 Å². The molecule has 0 fully saturated rings. The number of carbonyl (C=O) groups is 1. The van der Waals surface area contributed by atoms with E-state index in [0.29, 0.717) is 22.6 Å². The van der Waals surface area contributed by atoms with Crippen molar-refractivity contribution in [1.82, 2.24) is 0 Å². The number of hydrogen-bond acceptors (Lipinski definition) is 6. The fourth-order valence-corrected chi connectivity index (χ4v) is 2.62. The molecule has 6 heteroatoms. The highest BCUT2D eigenvalue weighted by atomic mass is 16.5. The number of carbonyl (C=O) groups excluding carboxylic acids is 1. The normalized spacial score (nSPS) is 15.2. The van der Waals surface area contributed by atoms with Gasteiger partial charge in [0.25, 0.3) is 0 Å². The summed E-state index contributed by atoms with van der Waals surface area (Å²) < 4.78 is 21.6. The maximum atomic E-state index is 12.0. The molecule has 0 saturated carbocycles. The Bertz CT molecular complexity index is 719. The van der Waals surface area contributed by atoms with Crippen LogP contribution in [0, 0.1) is 0 Å². The van der Waals surface area contributed by atoms with Crippen LogP contribution in [0.15, 0.2) is 36.4 Å². The summed E-state index contributed by atoms with van der Waals surface area (Å²) in [5.41, 5.74) is 1.78. The van der Waals surface area contributed by atoms with Gasteiger partial charge < -0.3 is 24.3 Å². The van der Waals surface area contributed by atoms with Crippen molar-refractivity contribution in [2.24, 2.45) is 0 Å². The monoisotopic (exact) mass is 315 g/mol. The molecule has 0 amide bonds. The van der Waals surface area contributed by atoms with Crippen molar-refractivity contribution < 1.29 is 23.7 Å². The second kappa shape index (κ2) is 6.08. The lowest BCUT2D eigenvalue weighted by Gasteiger charge is -2.20. The third-order valence-electron chi connectivity index (χ3n) is 3.67. The first-order valence-corrected chi connectivity index (χ1v) is 7.05. The van der Waals surface area contributed by atoms with Crippen LogP contribution in [0.5, 0.6) is 17.2 Å². The van der Waals surface area contributed by atoms with E-state index >= 15 is 0 Å². The average molecular weight is 315 g/mol. The summed E-state index contributed by atoms with van der Waals surface area (Å²) in [6, 6.07) is 10.9. The molecular weight excluding hydrogens is 298 g/mol. The van der Waals surface area contributed by atoms with E-state index in [0.717, 1.165) is 11.4 Å². The van der Waals surface area contributed by atoms with Crippen LogP contribution in [0.4, 0.5) is 5.69 Å². The third kappa shape index (κ3) is 2.52. The Morgan fingerprint density at radius 1 is 1.09 bits per heavy atom. The Kier molecular flexibility index (Phi) is 3.97. The molecule has 6 nitrogen and oxygen atoms in total. The quantitative estimate of drug-likeness (QED) is 0.875. The van der Waals surface area contributed by atoms with Crippen molar-refractivity contribution in [1.29, 1.82) is 0 Å². The number of benzene rings is 2. The van der Waals surface area contributed by atoms with Crippen LogP contribution in [0.2, 0.25) is 0 Å². The van der Waals surface area contributed by atoms with Gasteiger partial charge in [0.1, 0.15) is 22.8 Å². The Balaban J connectivity index is 2.09. The fourth-order valence-electron chi connectivity index (χ4n) is 2.62. The van der Waals surface area contributed by atoms with Gasteiger partial charge in [0.15, 0.2) is 0 Å². The summed E-state index contributed by atoms with van der Waals surface area (Å²) in [4.78, 5) is 12.0. The number of methoxy groups -OCH3 is 3. The first-order valence-electron chi connectivity index (χ1n) is 7.05. The van der Waals surface area contributed by atoms with Gasteiger partial charge in [-0.05, 0) is 24.3 Å². The van der Waals surface area contributed by atoms with Gasteiger partial charge >= 0.3 is 5.97 Å². The van der Waals surface area contributed by atoms with Crippen LogP contribution < -0.4 is 19.5 Å². The molecule has 1 N–H and O–H groups in total. The molecular formula is C17H17NO5. The third-order valence-corrected chi connectivity index (χ3v) is 3.67. The van der Waals surface area contributed by atoms with Crippen LogP contribution >= 0.6 is 0 Å². The standard InChI is InChI=1S/C17H17NO5/c1-20-13-9-8-10(17(19)22-3)15(21-2)14(13)16-18-11-6-4-5-7-12(11)23-16/h4-9,16,18H,1-3H3. The number of esters is 1. The molecule has 2 aromatic carbocycles. The van der Waals surface area contributed by atoms with Crippen molar-refractivity contribution in [3.63, 3.8) is 0 Å². The van der Waals surface area contributed by atoms with Gasteiger partial charge in [-0.15, -0.1) is 0 Å². The number of rotatable bonds is 4. The van der Waals surface area contributed by atoms with Crippen molar-refractivity contribution >= 4 is 11.7 Å². The lowest BCUT2D eigenvalue weighted by Crippen LogP contribution is -2.15. The van der Waals surface area contributed by atoms with Gasteiger partial charge in [-0.1, -0.05) is 12.1 Å². The van der Waals surface area contributed by atoms with Gasteiger partial charge in [-0.2, -0.15) is 0 Å². The molecule has 23 heavy (non-hydrogen) atoms. The molecule has 0 aliphatic carbocycles. The van der Waals surface area contributed by atoms with E-state index in [4.69, 9.17) is 18.9 Å². The van der Waals surface area contributed by atoms with Crippen molar-refractivity contribution in [2.45, 2.75) is 6.23 Å². The maximum Gasteiger partial charge on any atom is 0.341 e. The van der Waals surface area contributed by atoms with Crippen LogP contribution in [0.1, 0.15) is 22.1 Å². The van der Waals surface area contributed by atoms with E-state index in [1.807, 2.05) is 24.3 Å². The minimum atomic E-state index is -0.526. The molecule has 2 aromatic rings. The minimum absolute atomic E-state index is 0.312.